The Morgan fingerprint density at radius 3 is 2.50 bits per heavy atom. The first-order valence-electron chi connectivity index (χ1n) is 4.81. The summed E-state index contributed by atoms with van der Waals surface area (Å²) in [5.41, 5.74) is 2.88. The topological polar surface area (TPSA) is 26.3 Å². The molecule has 0 N–H and O–H groups in total. The Labute approximate surface area is 84.9 Å². The molecule has 2 nitrogen and oxygen atoms in total. The zero-order chi connectivity index (χ0) is 10.7. The first-order chi connectivity index (χ1) is 6.57. The van der Waals surface area contributed by atoms with Crippen LogP contribution >= 0.6 is 0 Å². The van der Waals surface area contributed by atoms with Crippen molar-refractivity contribution in [3.63, 3.8) is 0 Å². The maximum Gasteiger partial charge on any atom is 0.163 e. The van der Waals surface area contributed by atoms with Gasteiger partial charge < -0.3 is 4.74 Å². The van der Waals surface area contributed by atoms with Gasteiger partial charge in [-0.25, -0.2) is 0 Å². The molecule has 14 heavy (non-hydrogen) atoms. The van der Waals surface area contributed by atoms with E-state index < -0.39 is 0 Å². The van der Waals surface area contributed by atoms with Crippen molar-refractivity contribution in [1.29, 1.82) is 0 Å². The molecule has 1 aromatic carbocycles. The van der Waals surface area contributed by atoms with Crippen LogP contribution in [0.3, 0.4) is 0 Å². The van der Waals surface area contributed by atoms with Crippen molar-refractivity contribution >= 4 is 5.78 Å². The number of hydrogen-bond donors (Lipinski definition) is 0. The number of carbonyl (C=O) groups is 1. The summed E-state index contributed by atoms with van der Waals surface area (Å²) in [6.45, 7) is 8.07. The molecule has 0 saturated heterocycles. The summed E-state index contributed by atoms with van der Waals surface area (Å²) in [4.78, 5) is 11.3. The van der Waals surface area contributed by atoms with E-state index in [1.54, 1.807) is 6.92 Å². The highest BCUT2D eigenvalue weighted by Crippen LogP contribution is 2.26. The van der Waals surface area contributed by atoms with Gasteiger partial charge in [-0.3, -0.25) is 4.79 Å². The van der Waals surface area contributed by atoms with E-state index in [-0.39, 0.29) is 5.78 Å². The van der Waals surface area contributed by atoms with Crippen LogP contribution in [-0.2, 0) is 0 Å². The summed E-state index contributed by atoms with van der Waals surface area (Å²) >= 11 is 0. The molecule has 0 aromatic heterocycles. The van der Waals surface area contributed by atoms with Crippen molar-refractivity contribution in [3.05, 3.63) is 28.8 Å². The molecule has 0 spiro atoms. The first kappa shape index (κ1) is 10.8. The van der Waals surface area contributed by atoms with Gasteiger partial charge in [0.05, 0.1) is 12.2 Å². The van der Waals surface area contributed by atoms with Gasteiger partial charge in [-0.2, -0.15) is 0 Å². The van der Waals surface area contributed by atoms with Crippen molar-refractivity contribution in [2.75, 3.05) is 6.61 Å². The van der Waals surface area contributed by atoms with Gasteiger partial charge in [-0.1, -0.05) is 6.07 Å². The predicted octanol–water partition coefficient (Wildman–Crippen LogP) is 2.90. The zero-order valence-electron chi connectivity index (χ0n) is 9.18. The average molecular weight is 192 g/mol. The molecule has 0 heterocycles. The minimum absolute atomic E-state index is 0.0524. The van der Waals surface area contributed by atoms with E-state index in [0.717, 1.165) is 16.9 Å². The zero-order valence-corrected chi connectivity index (χ0v) is 9.18. The Hall–Kier alpha value is -1.31. The van der Waals surface area contributed by atoms with E-state index in [4.69, 9.17) is 4.74 Å². The Balaban J connectivity index is 3.29. The van der Waals surface area contributed by atoms with Gasteiger partial charge in [-0.05, 0) is 44.9 Å². The third-order valence-electron chi connectivity index (χ3n) is 2.34. The number of Topliss-reactive ketones (excluding diaryl/α,β-unsaturated/α-hetero) is 1. The number of aryl methyl sites for hydroxylation is 1. The molecule has 0 aliphatic carbocycles. The minimum Gasteiger partial charge on any atom is -0.493 e. The van der Waals surface area contributed by atoms with Crippen LogP contribution in [0.1, 0.15) is 35.3 Å². The Kier molecular flexibility index (Phi) is 3.28. The number of ether oxygens (including phenoxy) is 1. The fourth-order valence-corrected chi connectivity index (χ4v) is 1.40. The molecule has 1 aromatic rings. The van der Waals surface area contributed by atoms with Crippen LogP contribution in [0, 0.1) is 13.8 Å². The summed E-state index contributed by atoms with van der Waals surface area (Å²) in [5, 5.41) is 0. The monoisotopic (exact) mass is 192 g/mol. The fraction of sp³-hybridized carbons (Fsp3) is 0.417. The van der Waals surface area contributed by atoms with Crippen molar-refractivity contribution in [2.24, 2.45) is 0 Å². The van der Waals surface area contributed by atoms with E-state index in [9.17, 15) is 4.79 Å². The highest BCUT2D eigenvalue weighted by atomic mass is 16.5. The van der Waals surface area contributed by atoms with Gasteiger partial charge in [0.2, 0.25) is 0 Å². The molecule has 0 atom stereocenters. The highest BCUT2D eigenvalue weighted by molar-refractivity contribution is 5.97. The molecule has 1 rings (SSSR count). The molecule has 0 unspecified atom stereocenters. The third-order valence-corrected chi connectivity index (χ3v) is 2.34. The second kappa shape index (κ2) is 4.27. The number of rotatable bonds is 3. The highest BCUT2D eigenvalue weighted by Gasteiger charge is 2.11. The lowest BCUT2D eigenvalue weighted by atomic mass is 10.0. The minimum atomic E-state index is 0.0524. The molecule has 0 amide bonds. The van der Waals surface area contributed by atoms with Crippen LogP contribution in [0.2, 0.25) is 0 Å². The lowest BCUT2D eigenvalue weighted by molar-refractivity contribution is 0.101. The van der Waals surface area contributed by atoms with Gasteiger partial charge in [0.15, 0.2) is 5.78 Å². The van der Waals surface area contributed by atoms with Crippen LogP contribution in [0.4, 0.5) is 0 Å². The van der Waals surface area contributed by atoms with Crippen LogP contribution in [0.25, 0.3) is 0 Å². The third kappa shape index (κ3) is 1.95. The first-order valence-corrected chi connectivity index (χ1v) is 4.81. The number of benzene rings is 1. The van der Waals surface area contributed by atoms with Crippen LogP contribution in [0.15, 0.2) is 12.1 Å². The van der Waals surface area contributed by atoms with Crippen molar-refractivity contribution in [1.82, 2.24) is 0 Å². The van der Waals surface area contributed by atoms with E-state index >= 15 is 0 Å². The normalized spacial score (nSPS) is 10.0. The summed E-state index contributed by atoms with van der Waals surface area (Å²) < 4.78 is 5.49. The molecule has 0 bridgehead atoms. The summed E-state index contributed by atoms with van der Waals surface area (Å²) in [5.74, 6) is 0.788. The number of hydrogen-bond acceptors (Lipinski definition) is 2. The lowest BCUT2D eigenvalue weighted by Gasteiger charge is -2.12. The number of carbonyl (C=O) groups excluding carboxylic acids is 1. The molecule has 0 fully saturated rings. The van der Waals surface area contributed by atoms with Crippen molar-refractivity contribution < 1.29 is 9.53 Å². The van der Waals surface area contributed by atoms with Gasteiger partial charge in [0.25, 0.3) is 0 Å². The second-order valence-corrected chi connectivity index (χ2v) is 3.37. The van der Waals surface area contributed by atoms with Crippen LogP contribution < -0.4 is 4.74 Å². The summed E-state index contributed by atoms with van der Waals surface area (Å²) in [6, 6.07) is 3.78. The quantitative estimate of drug-likeness (QED) is 0.688. The van der Waals surface area contributed by atoms with Crippen LogP contribution in [-0.4, -0.2) is 12.4 Å². The Bertz CT molecular complexity index is 354. The lowest BCUT2D eigenvalue weighted by Crippen LogP contribution is -2.03. The van der Waals surface area contributed by atoms with E-state index in [2.05, 4.69) is 0 Å². The molecule has 0 aliphatic rings. The maximum absolute atomic E-state index is 11.3. The Morgan fingerprint density at radius 1 is 1.36 bits per heavy atom. The van der Waals surface area contributed by atoms with Gasteiger partial charge >= 0.3 is 0 Å². The van der Waals surface area contributed by atoms with E-state index in [1.807, 2.05) is 32.9 Å². The van der Waals surface area contributed by atoms with Crippen LogP contribution in [0.5, 0.6) is 5.75 Å². The Morgan fingerprint density at radius 2 is 2.00 bits per heavy atom. The molecule has 76 valence electrons. The molecule has 0 radical (unpaired) electrons. The standard InChI is InChI=1S/C12H16O2/c1-5-14-12-9(3)8(2)6-7-11(12)10(4)13/h6-7H,5H2,1-4H3. The predicted molar refractivity (Wildman–Crippen MR) is 57.1 cm³/mol. The smallest absolute Gasteiger partial charge is 0.163 e. The number of ketones is 1. The maximum atomic E-state index is 11.3. The molecular formula is C12H16O2. The van der Waals surface area contributed by atoms with Gasteiger partial charge in [0, 0.05) is 0 Å². The largest absolute Gasteiger partial charge is 0.493 e. The molecule has 0 saturated carbocycles. The SMILES string of the molecule is CCOc1c(C(C)=O)ccc(C)c1C. The average Bonchev–Trinajstić information content (AvgIpc) is 2.13. The molecule has 2 heteroatoms. The molecule has 0 aliphatic heterocycles. The fourth-order valence-electron chi connectivity index (χ4n) is 1.40. The van der Waals surface area contributed by atoms with Crippen molar-refractivity contribution in [3.8, 4) is 5.75 Å². The van der Waals surface area contributed by atoms with Gasteiger partial charge in [0.1, 0.15) is 5.75 Å². The van der Waals surface area contributed by atoms with E-state index in [1.165, 1.54) is 0 Å². The van der Waals surface area contributed by atoms with Crippen molar-refractivity contribution in [2.45, 2.75) is 27.7 Å². The summed E-state index contributed by atoms with van der Waals surface area (Å²) in [6.07, 6.45) is 0. The second-order valence-electron chi connectivity index (χ2n) is 3.37. The van der Waals surface area contributed by atoms with Gasteiger partial charge in [-0.15, -0.1) is 0 Å². The summed E-state index contributed by atoms with van der Waals surface area (Å²) in [7, 11) is 0. The van der Waals surface area contributed by atoms with E-state index in [0.29, 0.717) is 12.2 Å². The molecular weight excluding hydrogens is 176 g/mol.